The second kappa shape index (κ2) is 14.0. The van der Waals surface area contributed by atoms with E-state index in [0.29, 0.717) is 44.1 Å². The number of esters is 1. The molecule has 0 saturated carbocycles. The predicted molar refractivity (Wildman–Crippen MR) is 192 cm³/mol. The maximum atomic E-state index is 14.5. The molecular weight excluding hydrogens is 726 g/mol. The molecule has 2 aromatic carbocycles. The van der Waals surface area contributed by atoms with E-state index in [1.165, 1.54) is 21.5 Å². The van der Waals surface area contributed by atoms with Gasteiger partial charge in [0.1, 0.15) is 23.3 Å². The molecule has 0 saturated heterocycles. The summed E-state index contributed by atoms with van der Waals surface area (Å²) in [7, 11) is 1.12. The van der Waals surface area contributed by atoms with Gasteiger partial charge in [0, 0.05) is 38.9 Å². The Morgan fingerprint density at radius 2 is 1.09 bits per heavy atom. The van der Waals surface area contributed by atoms with Gasteiger partial charge in [-0.3, -0.25) is 13.9 Å². The molecular formula is C37H27F4N9O5. The van der Waals surface area contributed by atoms with Gasteiger partial charge in [-0.1, -0.05) is 0 Å². The molecule has 18 heteroatoms. The zero-order valence-corrected chi connectivity index (χ0v) is 29.0. The lowest BCUT2D eigenvalue weighted by Gasteiger charge is -2.09. The van der Waals surface area contributed by atoms with Crippen molar-refractivity contribution in [3.8, 4) is 0 Å². The zero-order valence-electron chi connectivity index (χ0n) is 29.0. The number of ether oxygens (including phenoxy) is 1. The lowest BCUT2D eigenvalue weighted by atomic mass is 10.1. The summed E-state index contributed by atoms with van der Waals surface area (Å²) in [6.45, 7) is 2.87. The Kier molecular flexibility index (Phi) is 9.17. The summed E-state index contributed by atoms with van der Waals surface area (Å²) >= 11 is 0. The fourth-order valence-corrected chi connectivity index (χ4v) is 6.15. The number of nitrogens with zero attached hydrogens (tertiary/aromatic N) is 6. The third kappa shape index (κ3) is 6.64. The summed E-state index contributed by atoms with van der Waals surface area (Å²) in [6.07, 6.45) is 2.90. The van der Waals surface area contributed by atoms with Crippen LogP contribution in [0.3, 0.4) is 0 Å². The van der Waals surface area contributed by atoms with Gasteiger partial charge in [0.2, 0.25) is 5.91 Å². The third-order valence-corrected chi connectivity index (χ3v) is 8.81. The Morgan fingerprint density at radius 1 is 0.691 bits per heavy atom. The smallest absolute Gasteiger partial charge is 0.338 e. The van der Waals surface area contributed by atoms with Crippen molar-refractivity contribution in [1.82, 2.24) is 39.0 Å². The molecule has 0 bridgehead atoms. The molecule has 8 rings (SSSR count). The van der Waals surface area contributed by atoms with E-state index in [0.717, 1.165) is 42.8 Å². The van der Waals surface area contributed by atoms with Crippen molar-refractivity contribution in [3.63, 3.8) is 0 Å². The Bertz CT molecular complexity index is 2960. The van der Waals surface area contributed by atoms with Crippen molar-refractivity contribution in [1.29, 1.82) is 0 Å². The van der Waals surface area contributed by atoms with E-state index in [4.69, 9.17) is 5.73 Å². The third-order valence-electron chi connectivity index (χ3n) is 8.81. The number of methoxy groups -OCH3 is 1. The van der Waals surface area contributed by atoms with Crippen LogP contribution in [0.2, 0.25) is 0 Å². The van der Waals surface area contributed by atoms with Crippen molar-refractivity contribution in [2.45, 2.75) is 26.9 Å². The fraction of sp³-hybridized carbons (Fsp3) is 0.135. The number of H-pyrrole nitrogens is 2. The number of hydrogen-bond donors (Lipinski definition) is 3. The maximum Gasteiger partial charge on any atom is 0.338 e. The van der Waals surface area contributed by atoms with Gasteiger partial charge in [0.25, 0.3) is 0 Å². The number of rotatable bonds is 6. The molecule has 0 atom stereocenters. The average Bonchev–Trinajstić information content (AvgIpc) is 3.64. The number of fused-ring (bicyclic) bond motifs is 6. The topological polar surface area (TPSA) is 197 Å². The molecule has 8 aromatic rings. The highest BCUT2D eigenvalue weighted by atomic mass is 19.1. The number of primary amides is 1. The normalized spacial score (nSPS) is 11.3. The number of benzene rings is 2. The number of nitrogens with one attached hydrogen (secondary N) is 2. The molecule has 0 unspecified atom stereocenters. The van der Waals surface area contributed by atoms with Crippen LogP contribution in [0.25, 0.3) is 44.1 Å². The van der Waals surface area contributed by atoms with E-state index in [1.807, 2.05) is 6.92 Å². The number of halogens is 4. The van der Waals surface area contributed by atoms with Gasteiger partial charge >= 0.3 is 17.3 Å². The fourth-order valence-electron chi connectivity index (χ4n) is 6.15. The minimum Gasteiger partial charge on any atom is -0.465 e. The molecule has 0 aliphatic carbocycles. The minimum absolute atomic E-state index is 0.248. The SMILES string of the molecule is COC(=O)c1cc(F)c(Cn2c(=O)[nH]c3cnc4nc(C)ccc4c32)c(F)c1.Cc1ccc2c(ncc3[nH]c(=O)n(Cc4c(F)cc(C(N)=O)cc4F)c32)n1. The molecule has 55 heavy (non-hydrogen) atoms. The van der Waals surface area contributed by atoms with Crippen molar-refractivity contribution in [2.24, 2.45) is 5.73 Å². The Labute approximate surface area is 305 Å². The van der Waals surface area contributed by atoms with E-state index in [2.05, 4.69) is 34.6 Å². The minimum atomic E-state index is -0.961. The number of amides is 1. The van der Waals surface area contributed by atoms with Gasteiger partial charge < -0.3 is 20.4 Å². The predicted octanol–water partition coefficient (Wildman–Crippen LogP) is 4.70. The maximum absolute atomic E-state index is 14.5. The Hall–Kier alpha value is -7.24. The van der Waals surface area contributed by atoms with Gasteiger partial charge in [-0.2, -0.15) is 0 Å². The number of aromatic nitrogens is 8. The van der Waals surface area contributed by atoms with Crippen LogP contribution in [-0.4, -0.2) is 58.0 Å². The summed E-state index contributed by atoms with van der Waals surface area (Å²) in [5.41, 5.74) is 6.81. The van der Waals surface area contributed by atoms with Crippen molar-refractivity contribution >= 4 is 56.0 Å². The number of imidazole rings is 2. The first-order valence-electron chi connectivity index (χ1n) is 16.3. The first kappa shape index (κ1) is 36.1. The highest BCUT2D eigenvalue weighted by Gasteiger charge is 2.21. The van der Waals surface area contributed by atoms with Crippen LogP contribution in [0.5, 0.6) is 0 Å². The largest absolute Gasteiger partial charge is 0.465 e. The van der Waals surface area contributed by atoms with Gasteiger partial charge in [0.05, 0.1) is 60.2 Å². The Morgan fingerprint density at radius 3 is 1.47 bits per heavy atom. The van der Waals surface area contributed by atoms with Crippen LogP contribution in [0.4, 0.5) is 17.6 Å². The average molecular weight is 754 g/mol. The quantitative estimate of drug-likeness (QED) is 0.159. The molecule has 0 aliphatic heterocycles. The molecule has 278 valence electrons. The van der Waals surface area contributed by atoms with Gasteiger partial charge in [0.15, 0.2) is 11.3 Å². The van der Waals surface area contributed by atoms with E-state index >= 15 is 0 Å². The van der Waals surface area contributed by atoms with Crippen molar-refractivity contribution < 1.29 is 31.9 Å². The van der Waals surface area contributed by atoms with Crippen LogP contribution in [0, 0.1) is 37.1 Å². The number of aryl methyl sites for hydroxylation is 2. The molecule has 0 aliphatic rings. The molecule has 6 aromatic heterocycles. The van der Waals surface area contributed by atoms with Gasteiger partial charge in [-0.25, -0.2) is 51.9 Å². The van der Waals surface area contributed by atoms with Crippen LogP contribution < -0.4 is 17.1 Å². The summed E-state index contributed by atoms with van der Waals surface area (Å²) in [5, 5.41) is 1.15. The number of pyridine rings is 4. The molecule has 0 spiro atoms. The second-order valence-electron chi connectivity index (χ2n) is 12.4. The van der Waals surface area contributed by atoms with Gasteiger partial charge in [-0.05, 0) is 62.4 Å². The van der Waals surface area contributed by atoms with Crippen LogP contribution in [-0.2, 0) is 17.8 Å². The van der Waals surface area contributed by atoms with E-state index in [9.17, 15) is 36.7 Å². The lowest BCUT2D eigenvalue weighted by Crippen LogP contribution is -2.20. The number of aromatic amines is 2. The number of hydrogen-bond acceptors (Lipinski definition) is 9. The zero-order chi connectivity index (χ0) is 39.3. The second-order valence-corrected chi connectivity index (χ2v) is 12.4. The lowest BCUT2D eigenvalue weighted by molar-refractivity contribution is 0.0599. The standard InChI is InChI=1S/C19H14F2N4O3.C18H13F2N5O2/c1-9-3-4-11-16-15(7-22-17(11)23-9)24-19(27)25(16)8-12-13(20)5-10(6-14(12)21)18(26)28-2;1-8-2-3-10-15-14(6-22-17(10)23-8)24-18(27)25(15)7-11-12(19)4-9(16(21)26)5-13(11)20/h3-7H,8H2,1-2H3,(H,24,27);2-6H,7H2,1H3,(H2,21,26)(H,24,27). The molecule has 0 radical (unpaired) electrons. The highest BCUT2D eigenvalue weighted by molar-refractivity contribution is 6.01. The molecule has 0 fully saturated rings. The highest BCUT2D eigenvalue weighted by Crippen LogP contribution is 2.25. The number of nitrogens with two attached hydrogens (primary N) is 1. The van der Waals surface area contributed by atoms with Crippen LogP contribution in [0.15, 0.2) is 70.5 Å². The van der Waals surface area contributed by atoms with Gasteiger partial charge in [-0.15, -0.1) is 0 Å². The molecule has 6 heterocycles. The van der Waals surface area contributed by atoms with Crippen molar-refractivity contribution in [3.05, 3.63) is 139 Å². The van der Waals surface area contributed by atoms with E-state index in [-0.39, 0.29) is 35.3 Å². The molecule has 4 N–H and O–H groups in total. The van der Waals surface area contributed by atoms with Crippen molar-refractivity contribution in [2.75, 3.05) is 7.11 Å². The number of carbonyl (C=O) groups excluding carboxylic acids is 2. The summed E-state index contributed by atoms with van der Waals surface area (Å²) in [4.78, 5) is 69.8. The summed E-state index contributed by atoms with van der Waals surface area (Å²) in [5.74, 6) is -5.62. The first-order valence-corrected chi connectivity index (χ1v) is 16.3. The molecule has 14 nitrogen and oxygen atoms in total. The summed E-state index contributed by atoms with van der Waals surface area (Å²) < 4.78 is 64.6. The van der Waals surface area contributed by atoms with E-state index in [1.54, 1.807) is 31.2 Å². The number of carbonyl (C=O) groups is 2. The van der Waals surface area contributed by atoms with Crippen LogP contribution in [0.1, 0.15) is 43.2 Å². The summed E-state index contributed by atoms with van der Waals surface area (Å²) in [6, 6.07) is 10.5. The molecule has 1 amide bonds. The Balaban J connectivity index is 0.000000169. The monoisotopic (exact) mass is 753 g/mol. The van der Waals surface area contributed by atoms with Crippen LogP contribution >= 0.6 is 0 Å². The first-order chi connectivity index (χ1) is 26.2. The van der Waals surface area contributed by atoms with E-state index < -0.39 is 46.5 Å².